The molecule has 0 aliphatic carbocycles. The highest BCUT2D eigenvalue weighted by Crippen LogP contribution is 2.30. The van der Waals surface area contributed by atoms with Gasteiger partial charge in [0, 0.05) is 6.42 Å². The van der Waals surface area contributed by atoms with Crippen LogP contribution >= 0.6 is 11.3 Å². The van der Waals surface area contributed by atoms with E-state index in [0.29, 0.717) is 18.4 Å². The zero-order chi connectivity index (χ0) is 12.3. The molecule has 1 N–H and O–H groups in total. The lowest BCUT2D eigenvalue weighted by atomic mass is 9.86. The van der Waals surface area contributed by atoms with Gasteiger partial charge in [0.05, 0.1) is 5.60 Å². The zero-order valence-corrected chi connectivity index (χ0v) is 10.5. The molecule has 3 heteroatoms. The summed E-state index contributed by atoms with van der Waals surface area (Å²) in [6.07, 6.45) is 1.09. The number of hydrogen-bond donors (Lipinski definition) is 1. The molecule has 1 aromatic heterocycles. The highest BCUT2D eigenvalue weighted by Gasteiger charge is 2.27. The molecule has 2 rings (SSSR count). The highest BCUT2D eigenvalue weighted by molar-refractivity contribution is 7.07. The number of hydrogen-bond acceptors (Lipinski definition) is 2. The number of thiophene rings is 1. The van der Waals surface area contributed by atoms with Crippen LogP contribution in [0.2, 0.25) is 0 Å². The fourth-order valence-electron chi connectivity index (χ4n) is 1.94. The average molecular weight is 250 g/mol. The third-order valence-electron chi connectivity index (χ3n) is 3.02. The Morgan fingerprint density at radius 3 is 2.76 bits per heavy atom. The van der Waals surface area contributed by atoms with Gasteiger partial charge in [-0.2, -0.15) is 11.3 Å². The summed E-state index contributed by atoms with van der Waals surface area (Å²) in [5, 5.41) is 14.6. The lowest BCUT2D eigenvalue weighted by molar-refractivity contribution is 0.0325. The predicted molar refractivity (Wildman–Crippen MR) is 68.6 cm³/mol. The van der Waals surface area contributed by atoms with Gasteiger partial charge in [0.1, 0.15) is 5.82 Å². The van der Waals surface area contributed by atoms with Gasteiger partial charge in [-0.25, -0.2) is 4.39 Å². The van der Waals surface area contributed by atoms with E-state index >= 15 is 0 Å². The second-order valence-corrected chi connectivity index (χ2v) is 4.98. The van der Waals surface area contributed by atoms with Crippen molar-refractivity contribution >= 4 is 11.3 Å². The van der Waals surface area contributed by atoms with Gasteiger partial charge < -0.3 is 5.11 Å². The van der Waals surface area contributed by atoms with Gasteiger partial charge in [-0.05, 0) is 46.5 Å². The van der Waals surface area contributed by atoms with Crippen molar-refractivity contribution in [3.8, 4) is 0 Å². The maximum Gasteiger partial charge on any atom is 0.123 e. The molecule has 0 spiro atoms. The maximum atomic E-state index is 13.2. The molecule has 0 amide bonds. The van der Waals surface area contributed by atoms with E-state index in [4.69, 9.17) is 0 Å². The van der Waals surface area contributed by atoms with Crippen LogP contribution in [0.15, 0.2) is 41.1 Å². The molecule has 0 aliphatic heterocycles. The van der Waals surface area contributed by atoms with E-state index in [2.05, 4.69) is 0 Å². The zero-order valence-electron chi connectivity index (χ0n) is 9.69. The van der Waals surface area contributed by atoms with Crippen LogP contribution in [-0.2, 0) is 12.0 Å². The molecule has 0 bridgehead atoms. The molecule has 2 aromatic rings. The molecular formula is C14H15FOS. The fourth-order valence-corrected chi connectivity index (χ4v) is 2.61. The third-order valence-corrected chi connectivity index (χ3v) is 3.76. The molecule has 1 aromatic carbocycles. The normalized spacial score (nSPS) is 14.5. The number of benzene rings is 1. The molecule has 0 fully saturated rings. The van der Waals surface area contributed by atoms with E-state index in [1.54, 1.807) is 23.5 Å². The fraction of sp³-hybridized carbons (Fsp3) is 0.286. The second-order valence-electron chi connectivity index (χ2n) is 4.20. The maximum absolute atomic E-state index is 13.2. The van der Waals surface area contributed by atoms with Crippen molar-refractivity contribution in [2.75, 3.05) is 0 Å². The molecule has 0 saturated carbocycles. The van der Waals surface area contributed by atoms with Crippen LogP contribution < -0.4 is 0 Å². The average Bonchev–Trinajstić information content (AvgIpc) is 2.81. The number of aliphatic hydroxyl groups is 1. The Bertz CT molecular complexity index is 481. The van der Waals surface area contributed by atoms with E-state index in [1.165, 1.54) is 12.1 Å². The van der Waals surface area contributed by atoms with E-state index in [1.807, 2.05) is 23.8 Å². The summed E-state index contributed by atoms with van der Waals surface area (Å²) in [4.78, 5) is 0. The monoisotopic (exact) mass is 250 g/mol. The summed E-state index contributed by atoms with van der Waals surface area (Å²) >= 11 is 1.60. The van der Waals surface area contributed by atoms with Gasteiger partial charge in [0.25, 0.3) is 0 Å². The van der Waals surface area contributed by atoms with Crippen LogP contribution in [0.5, 0.6) is 0 Å². The van der Waals surface area contributed by atoms with Gasteiger partial charge in [-0.1, -0.05) is 19.1 Å². The second kappa shape index (κ2) is 4.98. The van der Waals surface area contributed by atoms with Crippen molar-refractivity contribution < 1.29 is 9.50 Å². The first kappa shape index (κ1) is 12.3. The van der Waals surface area contributed by atoms with Gasteiger partial charge in [0.15, 0.2) is 0 Å². The van der Waals surface area contributed by atoms with E-state index in [0.717, 1.165) is 5.56 Å². The third kappa shape index (κ3) is 2.73. The van der Waals surface area contributed by atoms with Crippen LogP contribution in [-0.4, -0.2) is 5.11 Å². The van der Waals surface area contributed by atoms with Gasteiger partial charge in [0.2, 0.25) is 0 Å². The van der Waals surface area contributed by atoms with Gasteiger partial charge in [-0.3, -0.25) is 0 Å². The van der Waals surface area contributed by atoms with E-state index in [9.17, 15) is 9.50 Å². The molecule has 90 valence electrons. The molecule has 0 saturated heterocycles. The van der Waals surface area contributed by atoms with Crippen LogP contribution in [0.3, 0.4) is 0 Å². The standard InChI is InChI=1S/C14H15FOS/c1-2-14(16,9-11-6-7-17-10-11)12-4-3-5-13(15)8-12/h3-8,10,16H,2,9H2,1H3. The molecule has 17 heavy (non-hydrogen) atoms. The van der Waals surface area contributed by atoms with Crippen molar-refractivity contribution in [2.45, 2.75) is 25.4 Å². The Hall–Kier alpha value is -1.19. The van der Waals surface area contributed by atoms with Crippen molar-refractivity contribution in [2.24, 2.45) is 0 Å². The molecule has 1 heterocycles. The van der Waals surface area contributed by atoms with Gasteiger partial charge in [-0.15, -0.1) is 0 Å². The Balaban J connectivity index is 2.30. The summed E-state index contributed by atoms with van der Waals surface area (Å²) in [7, 11) is 0. The summed E-state index contributed by atoms with van der Waals surface area (Å²) < 4.78 is 13.2. The number of rotatable bonds is 4. The Kier molecular flexibility index (Phi) is 3.60. The smallest absolute Gasteiger partial charge is 0.123 e. The van der Waals surface area contributed by atoms with Crippen molar-refractivity contribution in [1.29, 1.82) is 0 Å². The predicted octanol–water partition coefficient (Wildman–Crippen LogP) is 3.73. The first-order valence-electron chi connectivity index (χ1n) is 5.63. The van der Waals surface area contributed by atoms with Crippen LogP contribution in [0.4, 0.5) is 4.39 Å². The van der Waals surface area contributed by atoms with Crippen molar-refractivity contribution in [3.05, 3.63) is 58.0 Å². The minimum Gasteiger partial charge on any atom is -0.385 e. The Morgan fingerprint density at radius 2 is 2.18 bits per heavy atom. The van der Waals surface area contributed by atoms with Gasteiger partial charge >= 0.3 is 0 Å². The van der Waals surface area contributed by atoms with E-state index < -0.39 is 5.60 Å². The van der Waals surface area contributed by atoms with E-state index in [-0.39, 0.29) is 5.82 Å². The summed E-state index contributed by atoms with van der Waals surface area (Å²) in [5.74, 6) is -0.306. The quantitative estimate of drug-likeness (QED) is 0.876. The molecule has 0 aliphatic rings. The van der Waals surface area contributed by atoms with Crippen molar-refractivity contribution in [1.82, 2.24) is 0 Å². The Morgan fingerprint density at radius 1 is 1.35 bits per heavy atom. The summed E-state index contributed by atoms with van der Waals surface area (Å²) in [5.41, 5.74) is 0.748. The Labute approximate surface area is 105 Å². The van der Waals surface area contributed by atoms with Crippen LogP contribution in [0.25, 0.3) is 0 Å². The topological polar surface area (TPSA) is 20.2 Å². The van der Waals surface area contributed by atoms with Crippen LogP contribution in [0.1, 0.15) is 24.5 Å². The number of halogens is 1. The molecule has 1 atom stereocenters. The summed E-state index contributed by atoms with van der Waals surface area (Å²) in [6, 6.07) is 8.21. The minimum atomic E-state index is -0.983. The minimum absolute atomic E-state index is 0.306. The molecule has 1 nitrogen and oxygen atoms in total. The molecular weight excluding hydrogens is 235 g/mol. The molecule has 0 radical (unpaired) electrons. The highest BCUT2D eigenvalue weighted by atomic mass is 32.1. The molecule has 1 unspecified atom stereocenters. The lowest BCUT2D eigenvalue weighted by Gasteiger charge is -2.27. The largest absolute Gasteiger partial charge is 0.385 e. The van der Waals surface area contributed by atoms with Crippen LogP contribution in [0, 0.1) is 5.82 Å². The van der Waals surface area contributed by atoms with Crippen molar-refractivity contribution in [3.63, 3.8) is 0 Å². The SMILES string of the molecule is CCC(O)(Cc1ccsc1)c1cccc(F)c1. The lowest BCUT2D eigenvalue weighted by Crippen LogP contribution is -2.27. The first-order valence-corrected chi connectivity index (χ1v) is 6.58. The first-order chi connectivity index (χ1) is 8.14. The summed E-state index contributed by atoms with van der Waals surface area (Å²) in [6.45, 7) is 1.91.